The zero-order valence-electron chi connectivity index (χ0n) is 51.6. The van der Waals surface area contributed by atoms with Crippen LogP contribution >= 0.6 is 11.6 Å². The van der Waals surface area contributed by atoms with E-state index in [-0.39, 0.29) is 102 Å². The molecule has 7 aromatic rings. The number of carbonyl (C=O) groups is 5. The molecule has 0 atom stereocenters. The highest BCUT2D eigenvalue weighted by molar-refractivity contribution is 6.28. The molecule has 1 saturated heterocycles. The van der Waals surface area contributed by atoms with Crippen molar-refractivity contribution < 1.29 is 38.2 Å². The molecule has 0 saturated carbocycles. The summed E-state index contributed by atoms with van der Waals surface area (Å²) >= 11 is 6.01. The number of aryl methyl sites for hydroxylation is 2. The van der Waals surface area contributed by atoms with Gasteiger partial charge in [0.1, 0.15) is 11.2 Å². The number of hydrogen-bond acceptors (Lipinski definition) is 22. The zero-order valence-corrected chi connectivity index (χ0v) is 52.4. The molecule has 0 radical (unpaired) electrons. The normalized spacial score (nSPS) is 11.6. The standard InChI is InChI=1S/C31H35N9O6.C22H24ClN7O5.C4H8O.C3H9N/c1-20-19-39(30(45)40(24(20)42)25(43)22-13-9-6-10-14-22)28-37-26(33-16-15-32-23(41)21-11-7-5-8-12-21)36-27(38-28)34-17-18-35-29(44)46-31(2,3)4;1-13-12-29(21(34)30(15(13)31)16(32)14-8-6-5-7-9-14)19-27-17(23)26-18(28-19)24-10-11-25-20(33)35-22(2,3)4;1-2-4-5-3-1;1-2-3-4/h5-14,19H,15-18H2,1-4H3,(H,32,41)(H,35,44)(H2,33,34,36,37,38);5-9,12H,10-11H2,1-4H3,(H,25,33)(H,24,26,27,28);1-4H2;2-4H2,1H3. The first-order chi connectivity index (χ1) is 42.8. The third-order valence-corrected chi connectivity index (χ3v) is 11.8. The smallest absolute Gasteiger partial charge is 0.407 e. The van der Waals surface area contributed by atoms with Crippen LogP contribution in [0.3, 0.4) is 0 Å². The van der Waals surface area contributed by atoms with Gasteiger partial charge in [-0.05, 0) is 129 Å². The summed E-state index contributed by atoms with van der Waals surface area (Å²) in [6.45, 7) is 19.4. The number of halogens is 1. The lowest BCUT2D eigenvalue weighted by Gasteiger charge is -2.19. The summed E-state index contributed by atoms with van der Waals surface area (Å²) in [4.78, 5) is 140. The third kappa shape index (κ3) is 22.6. The van der Waals surface area contributed by atoms with Gasteiger partial charge in [0.25, 0.3) is 28.8 Å². The van der Waals surface area contributed by atoms with Gasteiger partial charge in [-0.1, -0.05) is 61.5 Å². The van der Waals surface area contributed by atoms with Crippen LogP contribution in [0.4, 0.5) is 27.4 Å². The topological polar surface area (TPSA) is 377 Å². The lowest BCUT2D eigenvalue weighted by Crippen LogP contribution is -2.44. The predicted octanol–water partition coefficient (Wildman–Crippen LogP) is 4.88. The number of rotatable bonds is 18. The van der Waals surface area contributed by atoms with E-state index in [2.05, 4.69) is 68.7 Å². The fourth-order valence-electron chi connectivity index (χ4n) is 7.43. The Hall–Kier alpha value is -10.0. The van der Waals surface area contributed by atoms with Crippen LogP contribution in [0.1, 0.15) is 110 Å². The number of aromatic nitrogens is 10. The van der Waals surface area contributed by atoms with E-state index in [1.54, 1.807) is 102 Å². The van der Waals surface area contributed by atoms with Gasteiger partial charge in [-0.25, -0.2) is 28.3 Å². The average molecular weight is 1260 g/mol. The number of anilines is 3. The minimum Gasteiger partial charge on any atom is -0.444 e. The van der Waals surface area contributed by atoms with Crippen LogP contribution in [0.25, 0.3) is 11.9 Å². The summed E-state index contributed by atoms with van der Waals surface area (Å²) < 4.78 is 18.3. The predicted molar refractivity (Wildman–Crippen MR) is 338 cm³/mol. The molecule has 1 aliphatic heterocycles. The second-order valence-electron chi connectivity index (χ2n) is 21.4. The molecule has 90 heavy (non-hydrogen) atoms. The van der Waals surface area contributed by atoms with Crippen LogP contribution in [-0.4, -0.2) is 148 Å². The van der Waals surface area contributed by atoms with Gasteiger partial charge < -0.3 is 51.8 Å². The maximum Gasteiger partial charge on any atom is 0.407 e. The van der Waals surface area contributed by atoms with E-state index in [0.29, 0.717) is 14.7 Å². The van der Waals surface area contributed by atoms with E-state index in [0.717, 1.165) is 35.3 Å². The van der Waals surface area contributed by atoms with E-state index >= 15 is 0 Å². The molecule has 3 aromatic carbocycles. The SMILES string of the molecule is C1CCOC1.CCCN.Cc1cn(-c2nc(Cl)nc(NCCNC(=O)OC(C)(C)C)n2)c(=O)n(C(=O)c2ccccc2)c1=O.Cc1cn(-c2nc(NCCNC(=O)OC(C)(C)C)nc(NCCNC(=O)c3ccccc3)n2)c(=O)n(C(=O)c2ccccc2)c1=O. The van der Waals surface area contributed by atoms with E-state index in [1.165, 1.54) is 63.3 Å². The number of nitrogens with zero attached hydrogens (tertiary/aromatic N) is 10. The largest absolute Gasteiger partial charge is 0.444 e. The van der Waals surface area contributed by atoms with Gasteiger partial charge in [-0.15, -0.1) is 0 Å². The second-order valence-corrected chi connectivity index (χ2v) is 21.8. The van der Waals surface area contributed by atoms with Gasteiger partial charge in [0.15, 0.2) is 0 Å². The molecule has 0 unspecified atom stereocenters. The maximum atomic E-state index is 13.6. The molecule has 0 bridgehead atoms. The quantitative estimate of drug-likeness (QED) is 0.0563. The van der Waals surface area contributed by atoms with Crippen LogP contribution < -0.4 is 60.1 Å². The lowest BCUT2D eigenvalue weighted by atomic mass is 10.2. The Balaban J connectivity index is 0.000000295. The number of benzene rings is 3. The number of carbonyl (C=O) groups excluding carboxylic acids is 5. The first-order valence-corrected chi connectivity index (χ1v) is 29.0. The Kier molecular flexibility index (Phi) is 27.1. The molecular formula is C60H76ClN17O12. The first kappa shape index (κ1) is 70.8. The lowest BCUT2D eigenvalue weighted by molar-refractivity contribution is 0.0518. The van der Waals surface area contributed by atoms with Crippen LogP contribution in [0.15, 0.2) is 123 Å². The monoisotopic (exact) mass is 1260 g/mol. The first-order valence-electron chi connectivity index (χ1n) is 28.7. The highest BCUT2D eigenvalue weighted by Gasteiger charge is 2.23. The zero-order chi connectivity index (χ0) is 66.0. The number of amides is 3. The van der Waals surface area contributed by atoms with Gasteiger partial charge in [-0.2, -0.15) is 39.0 Å². The van der Waals surface area contributed by atoms with Crippen LogP contribution in [-0.2, 0) is 14.2 Å². The van der Waals surface area contributed by atoms with Gasteiger partial charge in [0.05, 0.1) is 0 Å². The molecule has 1 fully saturated rings. The van der Waals surface area contributed by atoms with Crippen molar-refractivity contribution in [2.75, 3.05) is 75.0 Å². The molecule has 5 heterocycles. The number of ether oxygens (including phenoxy) is 3. The molecule has 29 nitrogen and oxygen atoms in total. The Morgan fingerprint density at radius 2 is 0.889 bits per heavy atom. The highest BCUT2D eigenvalue weighted by Crippen LogP contribution is 2.13. The molecule has 1 aliphatic rings. The third-order valence-electron chi connectivity index (χ3n) is 11.6. The van der Waals surface area contributed by atoms with Crippen molar-refractivity contribution in [2.45, 2.75) is 92.8 Å². The molecule has 3 amide bonds. The highest BCUT2D eigenvalue weighted by atomic mass is 35.5. The number of hydrogen-bond donors (Lipinski definition) is 7. The van der Waals surface area contributed by atoms with Crippen LogP contribution in [0, 0.1) is 13.8 Å². The Morgan fingerprint density at radius 3 is 1.24 bits per heavy atom. The molecule has 8 N–H and O–H groups in total. The Bertz CT molecular complexity index is 3780. The second kappa shape index (κ2) is 34.5. The van der Waals surface area contributed by atoms with Crippen LogP contribution in [0.2, 0.25) is 5.28 Å². The van der Waals surface area contributed by atoms with Crippen molar-refractivity contribution in [3.8, 4) is 11.9 Å². The van der Waals surface area contributed by atoms with Crippen molar-refractivity contribution in [1.29, 1.82) is 0 Å². The molecule has 30 heteroatoms. The molecule has 0 spiro atoms. The molecule has 0 aliphatic carbocycles. The average Bonchev–Trinajstić information content (AvgIpc) is 0.878. The number of alkyl carbamates (subject to hydrolysis) is 2. The molecule has 4 aromatic heterocycles. The Labute approximate surface area is 523 Å². The minimum atomic E-state index is -0.978. The Morgan fingerprint density at radius 1 is 0.533 bits per heavy atom. The minimum absolute atomic E-state index is 0.0164. The van der Waals surface area contributed by atoms with Gasteiger partial charge in [0, 0.05) is 92.7 Å². The van der Waals surface area contributed by atoms with Crippen molar-refractivity contribution in [2.24, 2.45) is 5.73 Å². The van der Waals surface area contributed by atoms with E-state index < -0.39 is 57.7 Å². The van der Waals surface area contributed by atoms with Crippen molar-refractivity contribution in [1.82, 2.24) is 64.1 Å². The van der Waals surface area contributed by atoms with E-state index in [9.17, 15) is 43.2 Å². The van der Waals surface area contributed by atoms with Gasteiger partial charge in [-0.3, -0.25) is 24.0 Å². The van der Waals surface area contributed by atoms with Crippen molar-refractivity contribution in [3.63, 3.8) is 0 Å². The maximum absolute atomic E-state index is 13.6. The summed E-state index contributed by atoms with van der Waals surface area (Å²) in [6.07, 6.45) is 4.93. The van der Waals surface area contributed by atoms with Crippen LogP contribution in [0.5, 0.6) is 0 Å². The fraction of sp³-hybridized carbons (Fsp3) is 0.383. The number of nitrogens with one attached hydrogen (secondary N) is 6. The summed E-state index contributed by atoms with van der Waals surface area (Å²) in [7, 11) is 0. The van der Waals surface area contributed by atoms with Crippen molar-refractivity contribution >= 4 is 59.4 Å². The summed E-state index contributed by atoms with van der Waals surface area (Å²) in [5.74, 6) is -2.15. The molecule has 480 valence electrons. The van der Waals surface area contributed by atoms with E-state index in [1.807, 2.05) is 6.07 Å². The number of nitrogens with two attached hydrogens (primary N) is 1. The van der Waals surface area contributed by atoms with Gasteiger partial charge in [0.2, 0.25) is 35.0 Å². The molecular weight excluding hydrogens is 1190 g/mol. The summed E-state index contributed by atoms with van der Waals surface area (Å²) in [5, 5.41) is 16.5. The summed E-state index contributed by atoms with van der Waals surface area (Å²) in [6, 6.07) is 24.6. The fourth-order valence-corrected chi connectivity index (χ4v) is 7.59. The van der Waals surface area contributed by atoms with Gasteiger partial charge >= 0.3 is 23.6 Å². The summed E-state index contributed by atoms with van der Waals surface area (Å²) in [5.41, 5.74) is 1.29. The van der Waals surface area contributed by atoms with E-state index in [4.69, 9.17) is 31.5 Å². The van der Waals surface area contributed by atoms with Crippen molar-refractivity contribution in [3.05, 3.63) is 178 Å². The molecule has 8 rings (SSSR count).